The summed E-state index contributed by atoms with van der Waals surface area (Å²) in [6.45, 7) is 20.1. The van der Waals surface area contributed by atoms with Crippen molar-refractivity contribution in [2.45, 2.75) is 69.0 Å². The first-order valence-electron chi connectivity index (χ1n) is 15.2. The highest BCUT2D eigenvalue weighted by molar-refractivity contribution is 8.02. The number of rotatable bonds is 13. The van der Waals surface area contributed by atoms with Crippen molar-refractivity contribution < 1.29 is 19.5 Å². The fourth-order valence-corrected chi connectivity index (χ4v) is 9.88. The number of aliphatic hydroxyl groups excluding tert-OH is 1. The molecule has 3 amide bonds. The number of hydrogen-bond donors (Lipinski definition) is 1. The van der Waals surface area contributed by atoms with Gasteiger partial charge in [0.05, 0.1) is 29.2 Å². The van der Waals surface area contributed by atoms with E-state index >= 15 is 0 Å². The monoisotopic (exact) mass is 596 g/mol. The van der Waals surface area contributed by atoms with Crippen molar-refractivity contribution in [3.63, 3.8) is 0 Å². The van der Waals surface area contributed by atoms with Crippen LogP contribution in [-0.4, -0.2) is 94.0 Å². The van der Waals surface area contributed by atoms with E-state index in [4.69, 9.17) is 0 Å². The predicted octanol–water partition coefficient (Wildman–Crippen LogP) is 4.19. The average molecular weight is 597 g/mol. The number of aliphatic hydroxyl groups is 1. The lowest BCUT2D eigenvalue weighted by molar-refractivity contribution is -0.146. The van der Waals surface area contributed by atoms with Crippen molar-refractivity contribution in [2.24, 2.45) is 17.8 Å². The highest BCUT2D eigenvalue weighted by Gasteiger charge is 2.78. The lowest BCUT2D eigenvalue weighted by Crippen LogP contribution is -2.58. The fourth-order valence-electron chi connectivity index (χ4n) is 7.55. The summed E-state index contributed by atoms with van der Waals surface area (Å²) in [5.41, 5.74) is 1.81. The molecular formula is C33H48N4O4S. The van der Waals surface area contributed by atoms with Crippen molar-refractivity contribution in [2.75, 3.05) is 49.6 Å². The van der Waals surface area contributed by atoms with Gasteiger partial charge in [0.15, 0.2) is 0 Å². The molecule has 3 aliphatic heterocycles. The summed E-state index contributed by atoms with van der Waals surface area (Å²) in [7, 11) is 1.74. The highest BCUT2D eigenvalue weighted by Crippen LogP contribution is 2.72. The maximum atomic E-state index is 14.9. The third-order valence-corrected chi connectivity index (χ3v) is 11.7. The number of amides is 3. The summed E-state index contributed by atoms with van der Waals surface area (Å²) in [5, 5.41) is 10.5. The average Bonchev–Trinajstić information content (AvgIpc) is 3.53. The number of carbonyl (C=O) groups is 3. The number of anilines is 2. The van der Waals surface area contributed by atoms with E-state index < -0.39 is 33.4 Å². The first-order chi connectivity index (χ1) is 20.0. The molecule has 6 atom stereocenters. The molecule has 1 N–H and O–H groups in total. The van der Waals surface area contributed by atoms with Gasteiger partial charge in [0, 0.05) is 49.3 Å². The van der Waals surface area contributed by atoms with E-state index in [1.807, 2.05) is 38.1 Å². The number of nitrogens with zero attached hydrogens (tertiary/aromatic N) is 4. The molecule has 0 saturated carbocycles. The van der Waals surface area contributed by atoms with E-state index in [2.05, 4.69) is 38.8 Å². The van der Waals surface area contributed by atoms with Crippen LogP contribution in [0.2, 0.25) is 0 Å². The molecule has 0 aliphatic carbocycles. The van der Waals surface area contributed by atoms with Gasteiger partial charge in [-0.05, 0) is 63.8 Å². The Labute approximate surface area is 255 Å². The summed E-state index contributed by atoms with van der Waals surface area (Å²) in [4.78, 5) is 50.6. The SMILES string of the molecule is C=CCN(C)C(=O)[C@H]1[C@H]2C(=O)N([C@@H](CO)C(C)C)C(C(=O)N(CC=C)c3ccc(N(CC)CC)cc3)C23CC[C@]1(C)S3. The number of fused-ring (bicyclic) bond motifs is 1. The van der Waals surface area contributed by atoms with Gasteiger partial charge in [-0.1, -0.05) is 26.0 Å². The van der Waals surface area contributed by atoms with Crippen LogP contribution in [0.15, 0.2) is 49.6 Å². The molecule has 0 radical (unpaired) electrons. The minimum absolute atomic E-state index is 0.0823. The van der Waals surface area contributed by atoms with Gasteiger partial charge >= 0.3 is 0 Å². The Balaban J connectivity index is 1.82. The Hall–Kier alpha value is -2.78. The summed E-state index contributed by atoms with van der Waals surface area (Å²) < 4.78 is -1.22. The van der Waals surface area contributed by atoms with Crippen molar-refractivity contribution in [1.29, 1.82) is 0 Å². The van der Waals surface area contributed by atoms with E-state index in [-0.39, 0.29) is 36.8 Å². The third-order valence-electron chi connectivity index (χ3n) is 9.68. The summed E-state index contributed by atoms with van der Waals surface area (Å²) in [6.07, 6.45) is 4.79. The Morgan fingerprint density at radius 3 is 2.19 bits per heavy atom. The van der Waals surface area contributed by atoms with Crippen LogP contribution in [0.25, 0.3) is 0 Å². The quantitative estimate of drug-likeness (QED) is 0.344. The maximum Gasteiger partial charge on any atom is 0.251 e. The van der Waals surface area contributed by atoms with Gasteiger partial charge in [-0.25, -0.2) is 0 Å². The van der Waals surface area contributed by atoms with Crippen LogP contribution < -0.4 is 9.80 Å². The first-order valence-corrected chi connectivity index (χ1v) is 16.0. The summed E-state index contributed by atoms with van der Waals surface area (Å²) >= 11 is 1.65. The van der Waals surface area contributed by atoms with Crippen LogP contribution in [0.1, 0.15) is 47.5 Å². The molecule has 4 rings (SSSR count). The second kappa shape index (κ2) is 12.4. The Bertz CT molecular complexity index is 1200. The molecule has 3 saturated heterocycles. The minimum atomic E-state index is -0.814. The second-order valence-electron chi connectivity index (χ2n) is 12.4. The molecule has 1 spiro atoms. The molecule has 42 heavy (non-hydrogen) atoms. The Morgan fingerprint density at radius 1 is 1.07 bits per heavy atom. The van der Waals surface area contributed by atoms with E-state index in [1.165, 1.54) is 0 Å². The Kier molecular flexibility index (Phi) is 9.53. The summed E-state index contributed by atoms with van der Waals surface area (Å²) in [6, 6.07) is 6.59. The van der Waals surface area contributed by atoms with Crippen molar-refractivity contribution in [1.82, 2.24) is 9.80 Å². The van der Waals surface area contributed by atoms with Crippen molar-refractivity contribution in [3.8, 4) is 0 Å². The van der Waals surface area contributed by atoms with E-state index in [1.54, 1.807) is 45.7 Å². The van der Waals surface area contributed by atoms with Crippen molar-refractivity contribution in [3.05, 3.63) is 49.6 Å². The molecule has 1 aromatic carbocycles. The van der Waals surface area contributed by atoms with Gasteiger partial charge in [0.25, 0.3) is 5.91 Å². The van der Waals surface area contributed by atoms with Gasteiger partial charge < -0.3 is 24.7 Å². The number of hydrogen-bond acceptors (Lipinski definition) is 6. The molecule has 1 aromatic rings. The molecular weight excluding hydrogens is 548 g/mol. The van der Waals surface area contributed by atoms with Gasteiger partial charge in [0.1, 0.15) is 6.04 Å². The number of benzene rings is 1. The van der Waals surface area contributed by atoms with Gasteiger partial charge in [-0.15, -0.1) is 24.9 Å². The van der Waals surface area contributed by atoms with Crippen LogP contribution in [0.5, 0.6) is 0 Å². The molecule has 9 heteroatoms. The van der Waals surface area contributed by atoms with Gasteiger partial charge in [-0.3, -0.25) is 14.4 Å². The molecule has 0 aromatic heterocycles. The normalized spacial score (nSPS) is 28.5. The van der Waals surface area contributed by atoms with Crippen LogP contribution in [-0.2, 0) is 14.4 Å². The zero-order valence-corrected chi connectivity index (χ0v) is 26.9. The first kappa shape index (κ1) is 32.1. The smallest absolute Gasteiger partial charge is 0.251 e. The molecule has 2 bridgehead atoms. The van der Waals surface area contributed by atoms with Gasteiger partial charge in [0.2, 0.25) is 11.8 Å². The van der Waals surface area contributed by atoms with Crippen molar-refractivity contribution >= 4 is 40.9 Å². The Morgan fingerprint density at radius 2 is 1.67 bits per heavy atom. The van der Waals surface area contributed by atoms with Crippen LogP contribution in [0, 0.1) is 17.8 Å². The number of likely N-dealkylation sites (tertiary alicyclic amines) is 1. The minimum Gasteiger partial charge on any atom is -0.394 e. The number of carbonyl (C=O) groups excluding carboxylic acids is 3. The second-order valence-corrected chi connectivity index (χ2v) is 14.3. The zero-order valence-electron chi connectivity index (χ0n) is 26.1. The molecule has 8 nitrogen and oxygen atoms in total. The van der Waals surface area contributed by atoms with Crippen LogP contribution in [0.4, 0.5) is 11.4 Å². The van der Waals surface area contributed by atoms with E-state index in [9.17, 15) is 19.5 Å². The molecule has 2 unspecified atom stereocenters. The van der Waals surface area contributed by atoms with Gasteiger partial charge in [-0.2, -0.15) is 0 Å². The van der Waals surface area contributed by atoms with E-state index in [0.717, 1.165) is 30.9 Å². The lowest BCUT2D eigenvalue weighted by atomic mass is 9.66. The fraction of sp³-hybridized carbons (Fsp3) is 0.606. The molecule has 3 fully saturated rings. The molecule has 230 valence electrons. The van der Waals surface area contributed by atoms with Crippen LogP contribution in [0.3, 0.4) is 0 Å². The maximum absolute atomic E-state index is 14.9. The highest BCUT2D eigenvalue weighted by atomic mass is 32.2. The van der Waals surface area contributed by atoms with E-state index in [0.29, 0.717) is 13.0 Å². The zero-order chi connectivity index (χ0) is 31.0. The topological polar surface area (TPSA) is 84.4 Å². The van der Waals surface area contributed by atoms with Crippen LogP contribution >= 0.6 is 11.8 Å². The summed E-state index contributed by atoms with van der Waals surface area (Å²) in [5.74, 6) is -1.75. The molecule has 3 aliphatic rings. The standard InChI is InChI=1S/C33H48N4O4S/c1-9-19-34(8)29(39)26-27-30(40)37(25(21-38)22(5)6)28(33(27)18-17-32(26,7)42-33)31(41)36(20-10-2)24-15-13-23(14-16-24)35(11-3)12-4/h9-10,13-16,22,25-28,38H,1-2,11-12,17-21H2,3-8H3/t25-,26+,27-,28?,32-,33?/m0/s1. The lowest BCUT2D eigenvalue weighted by Gasteiger charge is -2.40. The number of thioether (sulfide) groups is 1. The molecule has 3 heterocycles. The third kappa shape index (κ3) is 5.06. The predicted molar refractivity (Wildman–Crippen MR) is 172 cm³/mol. The largest absolute Gasteiger partial charge is 0.394 e. The number of likely N-dealkylation sites (N-methyl/N-ethyl adjacent to an activating group) is 1.